The first-order valence-corrected chi connectivity index (χ1v) is 12.7. The zero-order valence-electron chi connectivity index (χ0n) is 18.6. The van der Waals surface area contributed by atoms with Gasteiger partial charge in [-0.15, -0.1) is 11.8 Å². The summed E-state index contributed by atoms with van der Waals surface area (Å²) in [6, 6.07) is 12.4. The number of fused-ring (bicyclic) bond motifs is 1. The molecule has 0 spiro atoms. The van der Waals surface area contributed by atoms with Gasteiger partial charge in [-0.3, -0.25) is 10.2 Å². The summed E-state index contributed by atoms with van der Waals surface area (Å²) in [4.78, 5) is 17.2. The molecule has 7 nitrogen and oxygen atoms in total. The van der Waals surface area contributed by atoms with E-state index in [4.69, 9.17) is 26.5 Å². The molecule has 0 aromatic heterocycles. The molecule has 0 saturated carbocycles. The van der Waals surface area contributed by atoms with Gasteiger partial charge in [0.2, 0.25) is 10.2 Å². The van der Waals surface area contributed by atoms with Crippen molar-refractivity contribution < 1.29 is 27.4 Å². The molecular weight excluding hydrogens is 537 g/mol. The summed E-state index contributed by atoms with van der Waals surface area (Å²) in [5, 5.41) is 11.5. The molecule has 2 aliphatic heterocycles. The molecule has 2 aliphatic rings. The summed E-state index contributed by atoms with van der Waals surface area (Å²) in [6.45, 7) is 2.57. The largest absolute Gasteiger partial charge is 0.490 e. The number of ether oxygens (including phenoxy) is 2. The number of carbonyl (C=O) groups excluding carboxylic acids is 1. The molecule has 0 aliphatic carbocycles. The van der Waals surface area contributed by atoms with E-state index < -0.39 is 23.0 Å². The topological polar surface area (TPSA) is 87.3 Å². The molecule has 188 valence electrons. The minimum Gasteiger partial charge on any atom is -0.490 e. The van der Waals surface area contributed by atoms with Crippen molar-refractivity contribution >= 4 is 63.2 Å². The van der Waals surface area contributed by atoms with Crippen LogP contribution < -0.4 is 9.47 Å². The van der Waals surface area contributed by atoms with Gasteiger partial charge in [-0.1, -0.05) is 17.7 Å². The van der Waals surface area contributed by atoms with Crippen LogP contribution in [0.1, 0.15) is 12.5 Å². The molecule has 1 amide bonds. The molecule has 2 aromatic rings. The van der Waals surface area contributed by atoms with E-state index in [0.29, 0.717) is 46.1 Å². The van der Waals surface area contributed by atoms with E-state index in [2.05, 4.69) is 10.1 Å². The van der Waals surface area contributed by atoms with Gasteiger partial charge >= 0.3 is 6.18 Å². The smallest absolute Gasteiger partial charge is 0.441 e. The molecule has 0 radical (unpaired) electrons. The van der Waals surface area contributed by atoms with Crippen LogP contribution in [-0.2, 0) is 4.79 Å². The Kier molecular flexibility index (Phi) is 7.96. The van der Waals surface area contributed by atoms with Crippen molar-refractivity contribution in [2.75, 3.05) is 19.0 Å². The molecular formula is C23H18ClF3N4O3S2. The molecule has 2 heterocycles. The quantitative estimate of drug-likeness (QED) is 0.241. The summed E-state index contributed by atoms with van der Waals surface area (Å²) >= 11 is 7.71. The SMILES string of the molecule is CCOc1cc(C=C2C(=N)N3N=C(C(F)(F)F)SC3=NC2=O)ccc1OCCSc1ccc(Cl)cc1. The van der Waals surface area contributed by atoms with Gasteiger partial charge in [0.1, 0.15) is 0 Å². The van der Waals surface area contributed by atoms with Gasteiger partial charge in [-0.2, -0.15) is 28.3 Å². The average molecular weight is 555 g/mol. The van der Waals surface area contributed by atoms with Crippen molar-refractivity contribution in [2.24, 2.45) is 10.1 Å². The van der Waals surface area contributed by atoms with E-state index in [1.807, 2.05) is 31.2 Å². The molecule has 1 N–H and O–H groups in total. The second kappa shape index (κ2) is 11.0. The molecule has 0 saturated heterocycles. The van der Waals surface area contributed by atoms with Crippen LogP contribution in [0.25, 0.3) is 6.08 Å². The predicted molar refractivity (Wildman–Crippen MR) is 136 cm³/mol. The Morgan fingerprint density at radius 3 is 2.61 bits per heavy atom. The van der Waals surface area contributed by atoms with Crippen LogP contribution in [0.15, 0.2) is 63.0 Å². The zero-order valence-corrected chi connectivity index (χ0v) is 21.0. The highest BCUT2D eigenvalue weighted by Crippen LogP contribution is 2.36. The summed E-state index contributed by atoms with van der Waals surface area (Å²) in [7, 11) is 0. The standard InChI is InChI=1S/C23H18ClF3N4O3S2/c1-2-33-18-12-13(3-8-17(18)34-9-10-35-15-6-4-14(24)5-7-15)11-16-19(28)31-22(29-20(16)32)36-21(30-31)23(25,26)27/h3-8,11-12,28H,2,9-10H2,1H3. The fraction of sp³-hybridized carbons (Fsp3) is 0.217. The Morgan fingerprint density at radius 1 is 1.17 bits per heavy atom. The fourth-order valence-electron chi connectivity index (χ4n) is 3.12. The maximum Gasteiger partial charge on any atom is 0.441 e. The molecule has 13 heteroatoms. The number of hydrogen-bond donors (Lipinski definition) is 1. The summed E-state index contributed by atoms with van der Waals surface area (Å²) in [6.07, 6.45) is -3.34. The average Bonchev–Trinajstić information content (AvgIpc) is 3.27. The second-order valence-corrected chi connectivity index (χ2v) is 9.77. The number of amides is 1. The van der Waals surface area contributed by atoms with Crippen molar-refractivity contribution in [1.82, 2.24) is 5.01 Å². The first kappa shape index (κ1) is 26.1. The van der Waals surface area contributed by atoms with Crippen molar-refractivity contribution in [2.45, 2.75) is 18.0 Å². The van der Waals surface area contributed by atoms with E-state index in [1.54, 1.807) is 30.0 Å². The van der Waals surface area contributed by atoms with Crippen LogP contribution in [0, 0.1) is 5.41 Å². The lowest BCUT2D eigenvalue weighted by molar-refractivity contribution is -0.114. The summed E-state index contributed by atoms with van der Waals surface area (Å²) < 4.78 is 50.5. The number of rotatable bonds is 8. The molecule has 0 atom stereocenters. The van der Waals surface area contributed by atoms with Gasteiger partial charge in [0, 0.05) is 15.7 Å². The van der Waals surface area contributed by atoms with Gasteiger partial charge in [0.25, 0.3) is 5.91 Å². The highest BCUT2D eigenvalue weighted by molar-refractivity contribution is 8.27. The first-order valence-electron chi connectivity index (χ1n) is 10.5. The van der Waals surface area contributed by atoms with Gasteiger partial charge < -0.3 is 9.47 Å². The number of hydrazone groups is 1. The monoisotopic (exact) mass is 554 g/mol. The Balaban J connectivity index is 1.47. The third-order valence-electron chi connectivity index (χ3n) is 4.70. The molecule has 36 heavy (non-hydrogen) atoms. The lowest BCUT2D eigenvalue weighted by Crippen LogP contribution is -2.35. The van der Waals surface area contributed by atoms with E-state index in [-0.39, 0.29) is 22.5 Å². The van der Waals surface area contributed by atoms with Crippen molar-refractivity contribution in [3.05, 3.63) is 58.6 Å². The van der Waals surface area contributed by atoms with Crippen LogP contribution >= 0.6 is 35.1 Å². The number of nitrogens with zero attached hydrogens (tertiary/aromatic N) is 3. The van der Waals surface area contributed by atoms with Crippen LogP contribution in [-0.4, -0.2) is 52.1 Å². The summed E-state index contributed by atoms with van der Waals surface area (Å²) in [5.74, 6) is 0.288. The third kappa shape index (κ3) is 6.05. The third-order valence-corrected chi connectivity index (χ3v) is 6.88. The molecule has 0 bridgehead atoms. The van der Waals surface area contributed by atoms with Gasteiger partial charge in [-0.05, 0) is 66.7 Å². The van der Waals surface area contributed by atoms with Crippen molar-refractivity contribution in [1.29, 1.82) is 5.41 Å². The highest BCUT2D eigenvalue weighted by atomic mass is 35.5. The molecule has 0 fully saturated rings. The highest BCUT2D eigenvalue weighted by Gasteiger charge is 2.46. The Hall–Kier alpha value is -2.96. The van der Waals surface area contributed by atoms with Gasteiger partial charge in [0.05, 0.1) is 18.8 Å². The zero-order chi connectivity index (χ0) is 25.9. The van der Waals surface area contributed by atoms with E-state index >= 15 is 0 Å². The maximum atomic E-state index is 13.0. The van der Waals surface area contributed by atoms with Crippen LogP contribution in [0.5, 0.6) is 11.5 Å². The van der Waals surface area contributed by atoms with Gasteiger partial charge in [0.15, 0.2) is 17.3 Å². The number of nitrogens with one attached hydrogen (secondary N) is 1. The lowest BCUT2D eigenvalue weighted by atomic mass is 10.1. The van der Waals surface area contributed by atoms with E-state index in [0.717, 1.165) is 4.90 Å². The number of aliphatic imine (C=N–C) groups is 1. The number of amidine groups is 2. The van der Waals surface area contributed by atoms with Crippen molar-refractivity contribution in [3.63, 3.8) is 0 Å². The molecule has 4 rings (SSSR count). The van der Waals surface area contributed by atoms with Gasteiger partial charge in [-0.25, -0.2) is 0 Å². The minimum atomic E-state index is -4.70. The Morgan fingerprint density at radius 2 is 1.92 bits per heavy atom. The van der Waals surface area contributed by atoms with Crippen molar-refractivity contribution in [3.8, 4) is 11.5 Å². The summed E-state index contributed by atoms with van der Waals surface area (Å²) in [5.41, 5.74) is 0.293. The number of benzene rings is 2. The van der Waals surface area contributed by atoms with E-state index in [9.17, 15) is 18.0 Å². The molecule has 2 aromatic carbocycles. The van der Waals surface area contributed by atoms with Crippen LogP contribution in [0.3, 0.4) is 0 Å². The number of alkyl halides is 3. The lowest BCUT2D eigenvalue weighted by Gasteiger charge is -2.20. The number of carbonyl (C=O) groups is 1. The Labute approximate surface area is 217 Å². The second-order valence-electron chi connectivity index (χ2n) is 7.21. The minimum absolute atomic E-state index is 0.193. The maximum absolute atomic E-state index is 13.0. The number of hydrogen-bond acceptors (Lipinski definition) is 7. The molecule has 0 unspecified atom stereocenters. The normalized spacial score (nSPS) is 16.7. The number of halogens is 4. The van der Waals surface area contributed by atoms with Crippen LogP contribution in [0.4, 0.5) is 13.2 Å². The number of thioether (sulfide) groups is 2. The Bertz CT molecular complexity index is 1280. The first-order chi connectivity index (χ1) is 17.2. The van der Waals surface area contributed by atoms with Crippen LogP contribution in [0.2, 0.25) is 5.02 Å². The predicted octanol–water partition coefficient (Wildman–Crippen LogP) is 6.09. The van der Waals surface area contributed by atoms with E-state index in [1.165, 1.54) is 6.08 Å². The fourth-order valence-corrected chi connectivity index (χ4v) is 4.73.